The van der Waals surface area contributed by atoms with E-state index in [0.29, 0.717) is 11.3 Å². The largest absolute Gasteiger partial charge is 0.399 e. The first-order valence-corrected chi connectivity index (χ1v) is 6.88. The van der Waals surface area contributed by atoms with Gasteiger partial charge in [0, 0.05) is 41.0 Å². The molecule has 3 rings (SSSR count). The molecule has 5 nitrogen and oxygen atoms in total. The van der Waals surface area contributed by atoms with E-state index in [1.165, 1.54) is 0 Å². The SMILES string of the molecule is Cn1cc(/C=N\NC(=O)c2cccc(N)c2)c2ccccc21. The molecule has 0 aliphatic carbocycles. The highest BCUT2D eigenvalue weighted by Gasteiger charge is 2.05. The first kappa shape index (κ1) is 13.9. The zero-order valence-corrected chi connectivity index (χ0v) is 12.2. The molecule has 1 amide bonds. The van der Waals surface area contributed by atoms with E-state index in [-0.39, 0.29) is 5.91 Å². The number of rotatable bonds is 3. The smallest absolute Gasteiger partial charge is 0.271 e. The van der Waals surface area contributed by atoms with Crippen LogP contribution in [0, 0.1) is 0 Å². The van der Waals surface area contributed by atoms with E-state index in [9.17, 15) is 4.79 Å². The fraction of sp³-hybridized carbons (Fsp3) is 0.0588. The van der Waals surface area contributed by atoms with Crippen molar-refractivity contribution in [2.24, 2.45) is 12.1 Å². The minimum absolute atomic E-state index is 0.288. The predicted octanol–water partition coefficient (Wildman–Crippen LogP) is 2.52. The Labute approximate surface area is 128 Å². The topological polar surface area (TPSA) is 72.4 Å². The summed E-state index contributed by atoms with van der Waals surface area (Å²) in [5, 5.41) is 5.12. The number of nitrogens with zero attached hydrogens (tertiary/aromatic N) is 2. The van der Waals surface area contributed by atoms with E-state index >= 15 is 0 Å². The lowest BCUT2D eigenvalue weighted by molar-refractivity contribution is 0.0955. The first-order valence-electron chi connectivity index (χ1n) is 6.88. The van der Waals surface area contributed by atoms with Gasteiger partial charge in [0.1, 0.15) is 0 Å². The normalized spacial score (nSPS) is 11.1. The van der Waals surface area contributed by atoms with Crippen molar-refractivity contribution in [3.05, 3.63) is 65.9 Å². The second kappa shape index (κ2) is 5.73. The molecule has 0 saturated heterocycles. The number of nitrogen functional groups attached to an aromatic ring is 1. The molecule has 0 atom stereocenters. The summed E-state index contributed by atoms with van der Waals surface area (Å²) in [7, 11) is 1.98. The monoisotopic (exact) mass is 292 g/mol. The number of hydrazone groups is 1. The van der Waals surface area contributed by atoms with Gasteiger partial charge in [-0.3, -0.25) is 4.79 Å². The molecule has 2 aromatic carbocycles. The Kier molecular flexibility index (Phi) is 3.62. The number of carbonyl (C=O) groups is 1. The molecule has 0 aliphatic rings. The predicted molar refractivity (Wildman–Crippen MR) is 88.8 cm³/mol. The first-order chi connectivity index (χ1) is 10.6. The fourth-order valence-corrected chi connectivity index (χ4v) is 2.38. The molecule has 110 valence electrons. The maximum Gasteiger partial charge on any atom is 0.271 e. The lowest BCUT2D eigenvalue weighted by Gasteiger charge is -2.00. The number of nitrogens with one attached hydrogen (secondary N) is 1. The van der Waals surface area contributed by atoms with E-state index < -0.39 is 0 Å². The third-order valence-corrected chi connectivity index (χ3v) is 3.45. The fourth-order valence-electron chi connectivity index (χ4n) is 2.38. The number of aromatic nitrogens is 1. The third kappa shape index (κ3) is 2.69. The van der Waals surface area contributed by atoms with Gasteiger partial charge in [0.15, 0.2) is 0 Å². The molecule has 22 heavy (non-hydrogen) atoms. The van der Waals surface area contributed by atoms with Gasteiger partial charge in [0.05, 0.1) is 6.21 Å². The highest BCUT2D eigenvalue weighted by Crippen LogP contribution is 2.18. The number of carbonyl (C=O) groups excluding carboxylic acids is 1. The van der Waals surface area contributed by atoms with Crippen molar-refractivity contribution in [1.29, 1.82) is 0 Å². The van der Waals surface area contributed by atoms with Crippen molar-refractivity contribution < 1.29 is 4.79 Å². The molecule has 5 heteroatoms. The Bertz CT molecular complexity index is 864. The van der Waals surface area contributed by atoms with Crippen LogP contribution >= 0.6 is 0 Å². The van der Waals surface area contributed by atoms with Gasteiger partial charge >= 0.3 is 0 Å². The molecular weight excluding hydrogens is 276 g/mol. The molecule has 1 aromatic heterocycles. The van der Waals surface area contributed by atoms with Crippen molar-refractivity contribution >= 4 is 28.7 Å². The van der Waals surface area contributed by atoms with Crippen molar-refractivity contribution in [2.75, 3.05) is 5.73 Å². The van der Waals surface area contributed by atoms with Gasteiger partial charge in [-0.25, -0.2) is 5.43 Å². The molecule has 0 fully saturated rings. The summed E-state index contributed by atoms with van der Waals surface area (Å²) in [5.41, 5.74) is 11.3. The molecule has 3 N–H and O–H groups in total. The number of nitrogens with two attached hydrogens (primary N) is 1. The van der Waals surface area contributed by atoms with Crippen molar-refractivity contribution in [3.8, 4) is 0 Å². The molecule has 0 spiro atoms. The van der Waals surface area contributed by atoms with Crippen LogP contribution in [0.15, 0.2) is 59.8 Å². The molecule has 0 bridgehead atoms. The third-order valence-electron chi connectivity index (χ3n) is 3.45. The van der Waals surface area contributed by atoms with Gasteiger partial charge in [0.2, 0.25) is 0 Å². The van der Waals surface area contributed by atoms with Crippen LogP contribution in [-0.4, -0.2) is 16.7 Å². The maximum atomic E-state index is 12.0. The number of benzene rings is 2. The van der Waals surface area contributed by atoms with Crippen LogP contribution in [0.3, 0.4) is 0 Å². The number of amides is 1. The van der Waals surface area contributed by atoms with Crippen LogP contribution in [0.2, 0.25) is 0 Å². The van der Waals surface area contributed by atoms with Gasteiger partial charge in [-0.1, -0.05) is 24.3 Å². The number of anilines is 1. The number of fused-ring (bicyclic) bond motifs is 1. The standard InChI is InChI=1S/C17H16N4O/c1-21-11-13(15-7-2-3-8-16(15)21)10-19-20-17(22)12-5-4-6-14(18)9-12/h2-11H,18H2,1H3,(H,20,22)/b19-10-. The summed E-state index contributed by atoms with van der Waals surface area (Å²) in [6, 6.07) is 14.8. The summed E-state index contributed by atoms with van der Waals surface area (Å²) in [4.78, 5) is 12.0. The van der Waals surface area contributed by atoms with E-state index in [2.05, 4.69) is 10.5 Å². The van der Waals surface area contributed by atoms with Crippen LogP contribution in [0.4, 0.5) is 5.69 Å². The number of hydrogen-bond donors (Lipinski definition) is 2. The Balaban J connectivity index is 1.78. The van der Waals surface area contributed by atoms with E-state index in [0.717, 1.165) is 16.5 Å². The quantitative estimate of drug-likeness (QED) is 0.442. The summed E-state index contributed by atoms with van der Waals surface area (Å²) < 4.78 is 2.02. The van der Waals surface area contributed by atoms with Gasteiger partial charge < -0.3 is 10.3 Å². The molecule has 0 radical (unpaired) electrons. The van der Waals surface area contributed by atoms with Crippen LogP contribution in [-0.2, 0) is 7.05 Å². The summed E-state index contributed by atoms with van der Waals surface area (Å²) in [6.07, 6.45) is 3.62. The lowest BCUT2D eigenvalue weighted by Crippen LogP contribution is -2.17. The summed E-state index contributed by atoms with van der Waals surface area (Å²) in [6.45, 7) is 0. The Morgan fingerprint density at radius 2 is 2.05 bits per heavy atom. The van der Waals surface area contributed by atoms with Crippen LogP contribution in [0.25, 0.3) is 10.9 Å². The Morgan fingerprint density at radius 1 is 1.23 bits per heavy atom. The minimum Gasteiger partial charge on any atom is -0.399 e. The molecule has 0 unspecified atom stereocenters. The Morgan fingerprint density at radius 3 is 2.86 bits per heavy atom. The van der Waals surface area contributed by atoms with Crippen LogP contribution in [0.1, 0.15) is 15.9 Å². The zero-order chi connectivity index (χ0) is 15.5. The molecule has 0 saturated carbocycles. The minimum atomic E-state index is -0.288. The van der Waals surface area contributed by atoms with E-state index in [1.807, 2.05) is 42.1 Å². The molecule has 1 heterocycles. The number of hydrogen-bond acceptors (Lipinski definition) is 3. The second-order valence-electron chi connectivity index (χ2n) is 5.04. The average Bonchev–Trinajstić information content (AvgIpc) is 2.84. The molecule has 3 aromatic rings. The number of aryl methyl sites for hydroxylation is 1. The van der Waals surface area contributed by atoms with Crippen molar-refractivity contribution in [2.45, 2.75) is 0 Å². The van der Waals surface area contributed by atoms with Gasteiger partial charge in [-0.05, 0) is 24.3 Å². The highest BCUT2D eigenvalue weighted by molar-refractivity contribution is 6.00. The summed E-state index contributed by atoms with van der Waals surface area (Å²) >= 11 is 0. The van der Waals surface area contributed by atoms with Crippen molar-refractivity contribution in [3.63, 3.8) is 0 Å². The van der Waals surface area contributed by atoms with Gasteiger partial charge in [0.25, 0.3) is 5.91 Å². The average molecular weight is 292 g/mol. The number of para-hydroxylation sites is 1. The van der Waals surface area contributed by atoms with E-state index in [4.69, 9.17) is 5.73 Å². The summed E-state index contributed by atoms with van der Waals surface area (Å²) in [5.74, 6) is -0.288. The highest BCUT2D eigenvalue weighted by atomic mass is 16.2. The van der Waals surface area contributed by atoms with Crippen molar-refractivity contribution in [1.82, 2.24) is 9.99 Å². The zero-order valence-electron chi connectivity index (χ0n) is 12.2. The second-order valence-corrected chi connectivity index (χ2v) is 5.04. The van der Waals surface area contributed by atoms with E-state index in [1.54, 1.807) is 30.5 Å². The Hall–Kier alpha value is -3.08. The van der Waals surface area contributed by atoms with Gasteiger partial charge in [-0.15, -0.1) is 0 Å². The van der Waals surface area contributed by atoms with Crippen LogP contribution in [0.5, 0.6) is 0 Å². The van der Waals surface area contributed by atoms with Crippen LogP contribution < -0.4 is 11.2 Å². The molecule has 0 aliphatic heterocycles. The maximum absolute atomic E-state index is 12.0. The molecular formula is C17H16N4O. The van der Waals surface area contributed by atoms with Gasteiger partial charge in [-0.2, -0.15) is 5.10 Å². The lowest BCUT2D eigenvalue weighted by atomic mass is 10.2.